The van der Waals surface area contributed by atoms with E-state index in [2.05, 4.69) is 20.4 Å². The highest BCUT2D eigenvalue weighted by molar-refractivity contribution is 5.91. The van der Waals surface area contributed by atoms with Crippen LogP contribution in [-0.4, -0.2) is 28.1 Å². The summed E-state index contributed by atoms with van der Waals surface area (Å²) in [4.78, 5) is 19.3. The molecule has 0 radical (unpaired) electrons. The lowest BCUT2D eigenvalue weighted by atomic mass is 10.3. The fourth-order valence-corrected chi connectivity index (χ4v) is 1.80. The molecule has 0 bridgehead atoms. The van der Waals surface area contributed by atoms with E-state index in [1.807, 2.05) is 24.3 Å². The summed E-state index contributed by atoms with van der Waals surface area (Å²) in [6, 6.07) is 9.08. The first kappa shape index (κ1) is 12.2. The van der Waals surface area contributed by atoms with Crippen molar-refractivity contribution in [2.75, 3.05) is 7.11 Å². The van der Waals surface area contributed by atoms with E-state index >= 15 is 0 Å². The number of nitrogens with zero attached hydrogens (tertiary/aromatic N) is 2. The van der Waals surface area contributed by atoms with Crippen molar-refractivity contribution in [2.45, 2.75) is 6.54 Å². The largest absolute Gasteiger partial charge is 0.479 e. The van der Waals surface area contributed by atoms with Gasteiger partial charge in [-0.1, -0.05) is 12.1 Å². The maximum Gasteiger partial charge on any atom is 0.290 e. The lowest BCUT2D eigenvalue weighted by molar-refractivity contribution is 0.0912. The molecule has 0 aliphatic heterocycles. The van der Waals surface area contributed by atoms with Crippen LogP contribution in [-0.2, 0) is 6.54 Å². The Bertz CT molecular complexity index is 714. The number of para-hydroxylation sites is 2. The number of H-pyrrole nitrogens is 1. The zero-order chi connectivity index (χ0) is 13.9. The van der Waals surface area contributed by atoms with E-state index < -0.39 is 0 Å². The monoisotopic (exact) mass is 272 g/mol. The minimum Gasteiger partial charge on any atom is -0.479 e. The Morgan fingerprint density at radius 3 is 3.05 bits per heavy atom. The van der Waals surface area contributed by atoms with Crippen LogP contribution in [0.1, 0.15) is 16.4 Å². The number of imidazole rings is 1. The van der Waals surface area contributed by atoms with Crippen molar-refractivity contribution in [1.29, 1.82) is 0 Å². The van der Waals surface area contributed by atoms with Crippen molar-refractivity contribution in [3.8, 4) is 5.88 Å². The van der Waals surface area contributed by atoms with E-state index in [9.17, 15) is 4.79 Å². The van der Waals surface area contributed by atoms with Gasteiger partial charge in [-0.25, -0.2) is 4.98 Å². The Labute approximate surface area is 113 Å². The van der Waals surface area contributed by atoms with E-state index in [1.165, 1.54) is 13.2 Å². The van der Waals surface area contributed by atoms with Gasteiger partial charge < -0.3 is 19.6 Å². The predicted octanol–water partition coefficient (Wildman–Crippen LogP) is 1.49. The number of ether oxygens (including phenoxy) is 1. The molecule has 2 N–H and O–H groups in total. The molecule has 0 atom stereocenters. The van der Waals surface area contributed by atoms with Gasteiger partial charge in [-0.2, -0.15) is 0 Å². The standard InChI is InChI=1S/C13H12N4O3/c1-19-12-6-10(20-17-12)13(18)14-7-11-15-8-4-2-3-5-9(8)16-11/h2-6H,7H2,1H3,(H,14,18)(H,15,16). The maximum atomic E-state index is 11.8. The van der Waals surface area contributed by atoms with Gasteiger partial charge in [0.25, 0.3) is 11.8 Å². The van der Waals surface area contributed by atoms with Crippen LogP contribution in [0, 0.1) is 0 Å². The van der Waals surface area contributed by atoms with Gasteiger partial charge in [-0.3, -0.25) is 4.79 Å². The fraction of sp³-hybridized carbons (Fsp3) is 0.154. The first-order valence-electron chi connectivity index (χ1n) is 5.99. The average molecular weight is 272 g/mol. The fourth-order valence-electron chi connectivity index (χ4n) is 1.80. The van der Waals surface area contributed by atoms with Crippen molar-refractivity contribution in [1.82, 2.24) is 20.4 Å². The second kappa shape index (κ2) is 5.04. The first-order valence-corrected chi connectivity index (χ1v) is 5.99. The van der Waals surface area contributed by atoms with Crippen molar-refractivity contribution in [2.24, 2.45) is 0 Å². The molecule has 7 heteroatoms. The van der Waals surface area contributed by atoms with Crippen molar-refractivity contribution in [3.63, 3.8) is 0 Å². The van der Waals surface area contributed by atoms with Gasteiger partial charge in [0.05, 0.1) is 30.8 Å². The molecule has 0 saturated heterocycles. The third-order valence-electron chi connectivity index (χ3n) is 2.78. The normalized spacial score (nSPS) is 10.7. The summed E-state index contributed by atoms with van der Waals surface area (Å²) in [5.41, 5.74) is 1.79. The number of hydrogen-bond donors (Lipinski definition) is 2. The lowest BCUT2D eigenvalue weighted by Gasteiger charge is -1.98. The second-order valence-corrected chi connectivity index (χ2v) is 4.12. The molecule has 0 saturated carbocycles. The molecule has 1 aromatic carbocycles. The van der Waals surface area contributed by atoms with Gasteiger partial charge in [-0.15, -0.1) is 0 Å². The molecular formula is C13H12N4O3. The van der Waals surface area contributed by atoms with Crippen LogP contribution in [0.25, 0.3) is 11.0 Å². The number of nitrogens with one attached hydrogen (secondary N) is 2. The zero-order valence-electron chi connectivity index (χ0n) is 10.7. The summed E-state index contributed by atoms with van der Waals surface area (Å²) in [6.45, 7) is 0.274. The molecule has 0 spiro atoms. The number of fused-ring (bicyclic) bond motifs is 1. The molecule has 3 aromatic rings. The van der Waals surface area contributed by atoms with E-state index in [0.29, 0.717) is 5.82 Å². The quantitative estimate of drug-likeness (QED) is 0.750. The molecule has 7 nitrogen and oxygen atoms in total. The highest BCUT2D eigenvalue weighted by Gasteiger charge is 2.13. The van der Waals surface area contributed by atoms with Crippen molar-refractivity contribution >= 4 is 16.9 Å². The van der Waals surface area contributed by atoms with Crippen molar-refractivity contribution < 1.29 is 14.1 Å². The number of aromatic amines is 1. The van der Waals surface area contributed by atoms with Crippen LogP contribution in [0.3, 0.4) is 0 Å². The number of benzene rings is 1. The SMILES string of the molecule is COc1cc(C(=O)NCc2nc3ccccc3[nH]2)on1. The van der Waals surface area contributed by atoms with Gasteiger partial charge >= 0.3 is 0 Å². The van der Waals surface area contributed by atoms with Gasteiger partial charge in [0.2, 0.25) is 5.76 Å². The maximum absolute atomic E-state index is 11.8. The molecule has 2 aromatic heterocycles. The lowest BCUT2D eigenvalue weighted by Crippen LogP contribution is -2.22. The highest BCUT2D eigenvalue weighted by atomic mass is 16.5. The third kappa shape index (κ3) is 2.33. The number of amides is 1. The highest BCUT2D eigenvalue weighted by Crippen LogP contribution is 2.12. The van der Waals surface area contributed by atoms with Gasteiger partial charge in [-0.05, 0) is 17.3 Å². The van der Waals surface area contributed by atoms with Crippen LogP contribution < -0.4 is 10.1 Å². The summed E-state index contributed by atoms with van der Waals surface area (Å²) in [5.74, 6) is 0.657. The van der Waals surface area contributed by atoms with Crippen LogP contribution in [0.4, 0.5) is 0 Å². The summed E-state index contributed by atoms with van der Waals surface area (Å²) in [7, 11) is 1.45. The Kier molecular flexibility index (Phi) is 3.08. The van der Waals surface area contributed by atoms with Crippen LogP contribution in [0.15, 0.2) is 34.9 Å². The molecule has 102 valence electrons. The Morgan fingerprint density at radius 2 is 2.30 bits per heavy atom. The number of hydrogen-bond acceptors (Lipinski definition) is 5. The molecule has 3 rings (SSSR count). The van der Waals surface area contributed by atoms with E-state index in [-0.39, 0.29) is 24.1 Å². The Morgan fingerprint density at radius 1 is 1.45 bits per heavy atom. The predicted molar refractivity (Wildman–Crippen MR) is 70.3 cm³/mol. The summed E-state index contributed by atoms with van der Waals surface area (Å²) in [5, 5.41) is 6.26. The van der Waals surface area contributed by atoms with Gasteiger partial charge in [0.1, 0.15) is 5.82 Å². The molecule has 0 aliphatic rings. The minimum atomic E-state index is -0.374. The topological polar surface area (TPSA) is 93.0 Å². The number of aromatic nitrogens is 3. The summed E-state index contributed by atoms with van der Waals surface area (Å²) < 4.78 is 9.69. The average Bonchev–Trinajstić information content (AvgIpc) is 3.10. The van der Waals surface area contributed by atoms with Crippen LogP contribution in [0.2, 0.25) is 0 Å². The van der Waals surface area contributed by atoms with E-state index in [1.54, 1.807) is 0 Å². The first-order chi connectivity index (χ1) is 9.76. The van der Waals surface area contributed by atoms with Crippen molar-refractivity contribution in [3.05, 3.63) is 41.9 Å². The summed E-state index contributed by atoms with van der Waals surface area (Å²) >= 11 is 0. The van der Waals surface area contributed by atoms with Gasteiger partial charge in [0, 0.05) is 0 Å². The van der Waals surface area contributed by atoms with E-state index in [4.69, 9.17) is 9.26 Å². The summed E-state index contributed by atoms with van der Waals surface area (Å²) in [6.07, 6.45) is 0. The van der Waals surface area contributed by atoms with Crippen LogP contribution >= 0.6 is 0 Å². The number of methoxy groups -OCH3 is 1. The molecule has 2 heterocycles. The second-order valence-electron chi connectivity index (χ2n) is 4.12. The van der Waals surface area contributed by atoms with Gasteiger partial charge in [0.15, 0.2) is 0 Å². The number of carbonyl (C=O) groups is 1. The minimum absolute atomic E-state index is 0.0953. The Balaban J connectivity index is 1.68. The Hall–Kier alpha value is -2.83. The van der Waals surface area contributed by atoms with Crippen LogP contribution in [0.5, 0.6) is 5.88 Å². The molecule has 0 fully saturated rings. The molecule has 0 aliphatic carbocycles. The zero-order valence-corrected chi connectivity index (χ0v) is 10.7. The number of carbonyl (C=O) groups excluding carboxylic acids is 1. The smallest absolute Gasteiger partial charge is 0.290 e. The third-order valence-corrected chi connectivity index (χ3v) is 2.78. The molecule has 20 heavy (non-hydrogen) atoms. The molecule has 1 amide bonds. The van der Waals surface area contributed by atoms with E-state index in [0.717, 1.165) is 11.0 Å². The molecule has 0 unspecified atom stereocenters. The number of rotatable bonds is 4. The molecular weight excluding hydrogens is 260 g/mol.